The molecule has 0 saturated heterocycles. The maximum absolute atomic E-state index is 13.2. The van der Waals surface area contributed by atoms with Crippen molar-refractivity contribution in [1.82, 2.24) is 15.1 Å². The summed E-state index contributed by atoms with van der Waals surface area (Å²) in [4.78, 5) is 20.8. The first-order valence-corrected chi connectivity index (χ1v) is 8.66. The Morgan fingerprint density at radius 2 is 2.04 bits per heavy atom. The lowest BCUT2D eigenvalue weighted by molar-refractivity contribution is 0.0481. The van der Waals surface area contributed by atoms with Crippen LogP contribution in [0.15, 0.2) is 46.2 Å². The van der Waals surface area contributed by atoms with Gasteiger partial charge >= 0.3 is 5.97 Å². The Labute approximate surface area is 147 Å². The van der Waals surface area contributed by atoms with E-state index >= 15 is 0 Å². The van der Waals surface area contributed by atoms with Crippen LogP contribution in [0.4, 0.5) is 4.39 Å². The summed E-state index contributed by atoms with van der Waals surface area (Å²) in [7, 11) is 0. The molecular weight excluding hydrogens is 345 g/mol. The van der Waals surface area contributed by atoms with Gasteiger partial charge in [0.25, 0.3) is 5.76 Å². The lowest BCUT2D eigenvalue weighted by Gasteiger charge is -2.05. The molecule has 128 valence electrons. The molecule has 0 aliphatic heterocycles. The zero-order valence-corrected chi connectivity index (χ0v) is 14.3. The normalized spacial score (nSPS) is 10.7. The number of ether oxygens (including phenoxy) is 1. The SMILES string of the molecule is CCOC(=O)c1onc(-c2ccc(F)cc2)c1-c1ccnc(SC)n1. The van der Waals surface area contributed by atoms with E-state index in [0.717, 1.165) is 0 Å². The van der Waals surface area contributed by atoms with E-state index in [4.69, 9.17) is 9.26 Å². The maximum Gasteiger partial charge on any atom is 0.377 e. The Bertz CT molecular complexity index is 896. The summed E-state index contributed by atoms with van der Waals surface area (Å²) in [5.41, 5.74) is 1.85. The van der Waals surface area contributed by atoms with Crippen LogP contribution < -0.4 is 0 Å². The van der Waals surface area contributed by atoms with Crippen LogP contribution in [0.2, 0.25) is 0 Å². The molecule has 0 saturated carbocycles. The molecule has 0 amide bonds. The largest absolute Gasteiger partial charge is 0.460 e. The molecule has 0 fully saturated rings. The fourth-order valence-electron chi connectivity index (χ4n) is 2.25. The van der Waals surface area contributed by atoms with Crippen molar-refractivity contribution < 1.29 is 18.4 Å². The Kier molecular flexibility index (Phi) is 5.08. The van der Waals surface area contributed by atoms with Gasteiger partial charge in [0.05, 0.1) is 17.9 Å². The molecule has 0 unspecified atom stereocenters. The highest BCUT2D eigenvalue weighted by Crippen LogP contribution is 2.34. The molecule has 0 aliphatic carbocycles. The summed E-state index contributed by atoms with van der Waals surface area (Å²) in [6.45, 7) is 1.90. The van der Waals surface area contributed by atoms with Gasteiger partial charge in [-0.05, 0) is 43.5 Å². The predicted octanol–water partition coefficient (Wildman–Crippen LogP) is 3.84. The van der Waals surface area contributed by atoms with E-state index < -0.39 is 5.97 Å². The van der Waals surface area contributed by atoms with Gasteiger partial charge in [-0.2, -0.15) is 0 Å². The second-order valence-corrected chi connectivity index (χ2v) is 5.66. The molecule has 0 atom stereocenters. The van der Waals surface area contributed by atoms with Crippen molar-refractivity contribution >= 4 is 17.7 Å². The van der Waals surface area contributed by atoms with Gasteiger partial charge in [0.2, 0.25) is 0 Å². The Balaban J connectivity index is 2.19. The summed E-state index contributed by atoms with van der Waals surface area (Å²) < 4.78 is 23.5. The van der Waals surface area contributed by atoms with Crippen LogP contribution >= 0.6 is 11.8 Å². The molecule has 3 aromatic rings. The minimum Gasteiger partial charge on any atom is -0.460 e. The highest BCUT2D eigenvalue weighted by molar-refractivity contribution is 7.98. The summed E-state index contributed by atoms with van der Waals surface area (Å²) in [6.07, 6.45) is 3.43. The summed E-state index contributed by atoms with van der Waals surface area (Å²) in [5, 5.41) is 4.53. The third-order valence-corrected chi connectivity index (χ3v) is 3.90. The molecule has 8 heteroatoms. The van der Waals surface area contributed by atoms with E-state index in [1.807, 2.05) is 6.26 Å². The van der Waals surface area contributed by atoms with Crippen LogP contribution in [-0.2, 0) is 4.74 Å². The van der Waals surface area contributed by atoms with Gasteiger partial charge in [-0.15, -0.1) is 0 Å². The first-order valence-electron chi connectivity index (χ1n) is 7.44. The van der Waals surface area contributed by atoms with Crippen molar-refractivity contribution in [2.75, 3.05) is 12.9 Å². The number of esters is 1. The fourth-order valence-corrected chi connectivity index (χ4v) is 2.60. The Morgan fingerprint density at radius 1 is 1.28 bits per heavy atom. The number of carbonyl (C=O) groups excluding carboxylic acids is 1. The van der Waals surface area contributed by atoms with Gasteiger partial charge in [0.15, 0.2) is 5.16 Å². The number of halogens is 1. The van der Waals surface area contributed by atoms with Crippen molar-refractivity contribution in [3.8, 4) is 22.5 Å². The van der Waals surface area contributed by atoms with Gasteiger partial charge in [0.1, 0.15) is 11.5 Å². The molecule has 0 aliphatic rings. The summed E-state index contributed by atoms with van der Waals surface area (Å²) >= 11 is 1.37. The minimum absolute atomic E-state index is 0.0491. The predicted molar refractivity (Wildman–Crippen MR) is 90.7 cm³/mol. The van der Waals surface area contributed by atoms with Crippen molar-refractivity contribution in [3.05, 3.63) is 48.1 Å². The first kappa shape index (κ1) is 17.1. The van der Waals surface area contributed by atoms with Crippen molar-refractivity contribution in [3.63, 3.8) is 0 Å². The molecule has 2 heterocycles. The molecule has 0 spiro atoms. The van der Waals surface area contributed by atoms with Crippen LogP contribution in [0.1, 0.15) is 17.5 Å². The van der Waals surface area contributed by atoms with E-state index in [9.17, 15) is 9.18 Å². The van der Waals surface area contributed by atoms with Crippen LogP contribution in [0.3, 0.4) is 0 Å². The molecule has 6 nitrogen and oxygen atoms in total. The second-order valence-electron chi connectivity index (χ2n) is 4.89. The number of hydrogen-bond acceptors (Lipinski definition) is 7. The first-order chi connectivity index (χ1) is 12.1. The van der Waals surface area contributed by atoms with Crippen LogP contribution in [0, 0.1) is 5.82 Å². The standard InChI is InChI=1S/C17H14FN3O3S/c1-3-23-16(22)15-13(12-8-9-19-17(20-12)25-2)14(21-24-15)10-4-6-11(18)7-5-10/h4-9H,3H2,1-2H3. The molecule has 25 heavy (non-hydrogen) atoms. The number of carbonyl (C=O) groups is 1. The van der Waals surface area contributed by atoms with E-state index in [-0.39, 0.29) is 18.2 Å². The third-order valence-electron chi connectivity index (χ3n) is 3.34. The van der Waals surface area contributed by atoms with Crippen LogP contribution in [0.25, 0.3) is 22.5 Å². The molecule has 0 N–H and O–H groups in total. The number of nitrogens with zero attached hydrogens (tertiary/aromatic N) is 3. The fraction of sp³-hybridized carbons (Fsp3) is 0.176. The molecule has 2 aromatic heterocycles. The monoisotopic (exact) mass is 359 g/mol. The Hall–Kier alpha value is -2.74. The third kappa shape index (κ3) is 3.53. The molecule has 0 bridgehead atoms. The zero-order valence-electron chi connectivity index (χ0n) is 13.5. The zero-order chi connectivity index (χ0) is 17.8. The van der Waals surface area contributed by atoms with Gasteiger partial charge in [-0.25, -0.2) is 19.2 Å². The topological polar surface area (TPSA) is 78.1 Å². The van der Waals surface area contributed by atoms with Crippen molar-refractivity contribution in [2.24, 2.45) is 0 Å². The molecular formula is C17H14FN3O3S. The van der Waals surface area contributed by atoms with Crippen LogP contribution in [0.5, 0.6) is 0 Å². The highest BCUT2D eigenvalue weighted by atomic mass is 32.2. The van der Waals surface area contributed by atoms with Crippen LogP contribution in [-0.4, -0.2) is 34.0 Å². The minimum atomic E-state index is -0.636. The lowest BCUT2D eigenvalue weighted by Crippen LogP contribution is -2.05. The average molecular weight is 359 g/mol. The Morgan fingerprint density at radius 3 is 2.72 bits per heavy atom. The quantitative estimate of drug-likeness (QED) is 0.389. The number of thioether (sulfide) groups is 1. The van der Waals surface area contributed by atoms with Crippen molar-refractivity contribution in [2.45, 2.75) is 12.1 Å². The van der Waals surface area contributed by atoms with E-state index in [0.29, 0.717) is 27.7 Å². The molecule has 1 aromatic carbocycles. The average Bonchev–Trinajstić information content (AvgIpc) is 3.08. The van der Waals surface area contributed by atoms with Gasteiger partial charge in [-0.3, -0.25) is 0 Å². The van der Waals surface area contributed by atoms with E-state index in [1.165, 1.54) is 23.9 Å². The van der Waals surface area contributed by atoms with Gasteiger partial charge < -0.3 is 9.26 Å². The number of benzene rings is 1. The second kappa shape index (κ2) is 7.43. The lowest BCUT2D eigenvalue weighted by atomic mass is 10.0. The number of rotatable bonds is 5. The smallest absolute Gasteiger partial charge is 0.377 e. The van der Waals surface area contributed by atoms with Gasteiger partial charge in [-0.1, -0.05) is 16.9 Å². The summed E-state index contributed by atoms with van der Waals surface area (Å²) in [6, 6.07) is 7.39. The van der Waals surface area contributed by atoms with Gasteiger partial charge in [0, 0.05) is 11.8 Å². The highest BCUT2D eigenvalue weighted by Gasteiger charge is 2.26. The molecule has 3 rings (SSSR count). The maximum atomic E-state index is 13.2. The number of aromatic nitrogens is 3. The number of hydrogen-bond donors (Lipinski definition) is 0. The van der Waals surface area contributed by atoms with E-state index in [2.05, 4.69) is 15.1 Å². The molecule has 0 radical (unpaired) electrons. The van der Waals surface area contributed by atoms with E-state index in [1.54, 1.807) is 31.3 Å². The summed E-state index contributed by atoms with van der Waals surface area (Å²) in [5.74, 6) is -1.05. The van der Waals surface area contributed by atoms with Crippen molar-refractivity contribution in [1.29, 1.82) is 0 Å².